The second kappa shape index (κ2) is 14.7. The summed E-state index contributed by atoms with van der Waals surface area (Å²) in [6, 6.07) is 8.71. The zero-order valence-corrected chi connectivity index (χ0v) is 18.6. The summed E-state index contributed by atoms with van der Waals surface area (Å²) in [6.45, 7) is 11.7. The number of esters is 1. The molecule has 0 aliphatic rings. The van der Waals surface area contributed by atoms with Crippen molar-refractivity contribution in [2.45, 2.75) is 78.6 Å². The van der Waals surface area contributed by atoms with Crippen LogP contribution >= 0.6 is 0 Å². The molecule has 1 amide bonds. The summed E-state index contributed by atoms with van der Waals surface area (Å²) in [6.07, 6.45) is 1.68. The Morgan fingerprint density at radius 2 is 1.76 bits per heavy atom. The predicted molar refractivity (Wildman–Crippen MR) is 113 cm³/mol. The second-order valence-electron chi connectivity index (χ2n) is 7.63. The lowest BCUT2D eigenvalue weighted by molar-refractivity contribution is -0.148. The van der Waals surface area contributed by atoms with Gasteiger partial charge in [-0.05, 0) is 52.7 Å². The van der Waals surface area contributed by atoms with E-state index >= 15 is 0 Å². The molecule has 2 unspecified atom stereocenters. The third-order valence-electron chi connectivity index (χ3n) is 3.47. The van der Waals surface area contributed by atoms with Crippen molar-refractivity contribution in [1.29, 1.82) is 0 Å². The highest BCUT2D eigenvalue weighted by atomic mass is 16.6. The Morgan fingerprint density at radius 1 is 1.14 bits per heavy atom. The fourth-order valence-electron chi connectivity index (χ4n) is 2.21. The summed E-state index contributed by atoms with van der Waals surface area (Å²) in [5.74, 6) is -0.161. The van der Waals surface area contributed by atoms with E-state index in [2.05, 4.69) is 12.2 Å². The van der Waals surface area contributed by atoms with Gasteiger partial charge in [-0.15, -0.1) is 0 Å². The molecule has 0 aliphatic carbocycles. The normalized spacial score (nSPS) is 12.8. The number of amides is 1. The van der Waals surface area contributed by atoms with Gasteiger partial charge in [-0.1, -0.05) is 32.0 Å². The highest BCUT2D eigenvalue weighted by Gasteiger charge is 2.19. The van der Waals surface area contributed by atoms with E-state index in [1.807, 2.05) is 19.9 Å². The summed E-state index contributed by atoms with van der Waals surface area (Å²) < 4.78 is 16.0. The number of phenolic OH excluding ortho intramolecular Hbond substituents is 1. The monoisotopic (exact) mass is 411 g/mol. The summed E-state index contributed by atoms with van der Waals surface area (Å²) in [5, 5.41) is 11.0. The molecule has 0 aromatic heterocycles. The first-order chi connectivity index (χ1) is 13.6. The highest BCUT2D eigenvalue weighted by Crippen LogP contribution is 2.10. The van der Waals surface area contributed by atoms with E-state index in [0.29, 0.717) is 18.8 Å². The van der Waals surface area contributed by atoms with Gasteiger partial charge in [0.25, 0.3) is 0 Å². The molecular formula is C22H37NO6. The Balaban J connectivity index is 0.000000929. The zero-order valence-electron chi connectivity index (χ0n) is 18.6. The van der Waals surface area contributed by atoms with Crippen molar-refractivity contribution in [3.8, 4) is 5.75 Å². The topological polar surface area (TPSA) is 94.1 Å². The van der Waals surface area contributed by atoms with Crippen LogP contribution < -0.4 is 5.32 Å². The number of para-hydroxylation sites is 1. The van der Waals surface area contributed by atoms with Crippen LogP contribution in [0, 0.1) is 0 Å². The number of rotatable bonds is 9. The van der Waals surface area contributed by atoms with E-state index in [4.69, 9.17) is 19.3 Å². The molecule has 1 aromatic carbocycles. The number of phenols is 1. The Bertz CT molecular complexity index is 570. The first-order valence-corrected chi connectivity index (χ1v) is 10.1. The molecule has 0 saturated heterocycles. The van der Waals surface area contributed by atoms with E-state index in [9.17, 15) is 9.59 Å². The Hall–Kier alpha value is -2.28. The van der Waals surface area contributed by atoms with Crippen LogP contribution in [-0.4, -0.2) is 48.1 Å². The third kappa shape index (κ3) is 16.4. The van der Waals surface area contributed by atoms with Gasteiger partial charge in [0.05, 0.1) is 6.10 Å². The molecule has 166 valence electrons. The Kier molecular flexibility index (Phi) is 13.5. The first-order valence-electron chi connectivity index (χ1n) is 10.1. The van der Waals surface area contributed by atoms with Crippen LogP contribution in [0.1, 0.15) is 60.8 Å². The quantitative estimate of drug-likeness (QED) is 0.584. The fourth-order valence-corrected chi connectivity index (χ4v) is 2.21. The predicted octanol–water partition coefficient (Wildman–Crippen LogP) is 4.43. The number of carbonyl (C=O) groups is 2. The first kappa shape index (κ1) is 26.7. The maximum Gasteiger partial charge on any atom is 0.408 e. The van der Waals surface area contributed by atoms with Crippen molar-refractivity contribution in [2.24, 2.45) is 0 Å². The number of hydrogen-bond donors (Lipinski definition) is 2. The SMILES string of the molecule is CCCOC(CC)CC(C)OC(=O)CNC(=O)OC(C)(C)C.Oc1ccccc1. The molecule has 0 radical (unpaired) electrons. The zero-order chi connectivity index (χ0) is 22.3. The van der Waals surface area contributed by atoms with Crippen LogP contribution in [0.3, 0.4) is 0 Å². The number of ether oxygens (including phenoxy) is 3. The number of carbonyl (C=O) groups excluding carboxylic acids is 2. The molecule has 2 atom stereocenters. The van der Waals surface area contributed by atoms with Gasteiger partial charge < -0.3 is 24.6 Å². The van der Waals surface area contributed by atoms with Gasteiger partial charge in [0.1, 0.15) is 24.0 Å². The van der Waals surface area contributed by atoms with Crippen molar-refractivity contribution in [3.05, 3.63) is 30.3 Å². The van der Waals surface area contributed by atoms with Gasteiger partial charge in [-0.3, -0.25) is 4.79 Å². The van der Waals surface area contributed by atoms with Crippen LogP contribution in [0.5, 0.6) is 5.75 Å². The summed E-state index contributed by atoms with van der Waals surface area (Å²) in [7, 11) is 0. The van der Waals surface area contributed by atoms with E-state index in [-0.39, 0.29) is 18.8 Å². The van der Waals surface area contributed by atoms with Crippen LogP contribution in [0.4, 0.5) is 4.79 Å². The molecule has 0 spiro atoms. The maximum atomic E-state index is 11.7. The molecule has 0 fully saturated rings. The minimum Gasteiger partial charge on any atom is -0.508 e. The van der Waals surface area contributed by atoms with Crippen LogP contribution in [0.15, 0.2) is 30.3 Å². The molecule has 7 heteroatoms. The largest absolute Gasteiger partial charge is 0.508 e. The summed E-state index contributed by atoms with van der Waals surface area (Å²) in [4.78, 5) is 23.1. The minimum atomic E-state index is -0.630. The van der Waals surface area contributed by atoms with E-state index in [0.717, 1.165) is 12.8 Å². The summed E-state index contributed by atoms with van der Waals surface area (Å²) in [5.41, 5.74) is -0.591. The minimum absolute atomic E-state index is 0.0848. The number of nitrogens with one attached hydrogen (secondary N) is 1. The van der Waals surface area contributed by atoms with E-state index in [1.165, 1.54) is 0 Å². The van der Waals surface area contributed by atoms with Crippen LogP contribution in [0.2, 0.25) is 0 Å². The lowest BCUT2D eigenvalue weighted by Crippen LogP contribution is -2.37. The molecule has 0 heterocycles. The van der Waals surface area contributed by atoms with Gasteiger partial charge in [0.2, 0.25) is 0 Å². The average molecular weight is 412 g/mol. The molecule has 0 saturated carbocycles. The highest BCUT2D eigenvalue weighted by molar-refractivity contribution is 5.78. The van der Waals surface area contributed by atoms with Crippen molar-refractivity contribution < 1.29 is 28.9 Å². The number of hydrogen-bond acceptors (Lipinski definition) is 6. The van der Waals surface area contributed by atoms with E-state index in [1.54, 1.807) is 45.0 Å². The lowest BCUT2D eigenvalue weighted by Gasteiger charge is -2.21. The molecule has 0 bridgehead atoms. The third-order valence-corrected chi connectivity index (χ3v) is 3.47. The molecule has 7 nitrogen and oxygen atoms in total. The Labute approximate surface area is 174 Å². The lowest BCUT2D eigenvalue weighted by atomic mass is 10.1. The second-order valence-corrected chi connectivity index (χ2v) is 7.63. The van der Waals surface area contributed by atoms with Crippen LogP contribution in [-0.2, 0) is 19.0 Å². The number of alkyl carbamates (subject to hydrolysis) is 1. The van der Waals surface area contributed by atoms with Crippen molar-refractivity contribution in [1.82, 2.24) is 5.32 Å². The van der Waals surface area contributed by atoms with Crippen LogP contribution in [0.25, 0.3) is 0 Å². The molecular weight excluding hydrogens is 374 g/mol. The standard InChI is InChI=1S/C16H31NO5.C6H6O/c1-7-9-20-13(8-2)10-12(3)21-14(18)11-17-15(19)22-16(4,5)6;7-6-4-2-1-3-5-6/h12-13H,7-11H2,1-6H3,(H,17,19);1-5,7H. The van der Waals surface area contributed by atoms with Gasteiger partial charge >= 0.3 is 12.1 Å². The molecule has 0 aliphatic heterocycles. The van der Waals surface area contributed by atoms with Gasteiger partial charge in [0.15, 0.2) is 0 Å². The summed E-state index contributed by atoms with van der Waals surface area (Å²) >= 11 is 0. The molecule has 1 rings (SSSR count). The average Bonchev–Trinajstić information content (AvgIpc) is 2.63. The fraction of sp³-hybridized carbons (Fsp3) is 0.636. The van der Waals surface area contributed by atoms with Crippen molar-refractivity contribution >= 4 is 12.1 Å². The van der Waals surface area contributed by atoms with Gasteiger partial charge in [-0.2, -0.15) is 0 Å². The smallest absolute Gasteiger partial charge is 0.408 e. The molecule has 1 aromatic rings. The number of aromatic hydroxyl groups is 1. The molecule has 2 N–H and O–H groups in total. The van der Waals surface area contributed by atoms with Gasteiger partial charge in [0, 0.05) is 13.0 Å². The number of benzene rings is 1. The molecule has 29 heavy (non-hydrogen) atoms. The van der Waals surface area contributed by atoms with Gasteiger partial charge in [-0.25, -0.2) is 4.79 Å². The Morgan fingerprint density at radius 3 is 2.21 bits per heavy atom. The van der Waals surface area contributed by atoms with Crippen molar-refractivity contribution in [3.63, 3.8) is 0 Å². The van der Waals surface area contributed by atoms with E-state index < -0.39 is 17.7 Å². The maximum absolute atomic E-state index is 11.7. The van der Waals surface area contributed by atoms with Crippen molar-refractivity contribution in [2.75, 3.05) is 13.2 Å².